The molecule has 0 bridgehead atoms. The van der Waals surface area contributed by atoms with Gasteiger partial charge in [-0.05, 0) is 69.9 Å². The molecule has 30 heavy (non-hydrogen) atoms. The number of fused-ring (bicyclic) bond motifs is 1. The Morgan fingerprint density at radius 3 is 2.80 bits per heavy atom. The van der Waals surface area contributed by atoms with Gasteiger partial charge in [0.15, 0.2) is 0 Å². The summed E-state index contributed by atoms with van der Waals surface area (Å²) in [5.41, 5.74) is 1.49. The van der Waals surface area contributed by atoms with Gasteiger partial charge in [-0.15, -0.1) is 11.8 Å². The van der Waals surface area contributed by atoms with Crippen molar-refractivity contribution in [3.63, 3.8) is 0 Å². The molecule has 1 heterocycles. The van der Waals surface area contributed by atoms with Gasteiger partial charge in [-0.25, -0.2) is 0 Å². The van der Waals surface area contributed by atoms with Gasteiger partial charge in [0, 0.05) is 18.9 Å². The first kappa shape index (κ1) is 23.5. The number of aliphatic hydroxyl groups excluding tert-OH is 2. The zero-order valence-electron chi connectivity index (χ0n) is 18.9. The highest BCUT2D eigenvalue weighted by molar-refractivity contribution is 5.18. The number of ether oxygens (including phenoxy) is 1. The second kappa shape index (κ2) is 12.1. The van der Waals surface area contributed by atoms with E-state index in [9.17, 15) is 10.2 Å². The summed E-state index contributed by atoms with van der Waals surface area (Å²) in [6.07, 6.45) is 13.2. The molecule has 3 aliphatic rings. The molecule has 4 heteroatoms. The quantitative estimate of drug-likeness (QED) is 0.342. The average Bonchev–Trinajstić information content (AvgIpc) is 3.27. The van der Waals surface area contributed by atoms with Crippen LogP contribution in [-0.2, 0) is 4.74 Å². The zero-order chi connectivity index (χ0) is 21.3. The van der Waals surface area contributed by atoms with Crippen LogP contribution in [0.4, 0.5) is 0 Å². The Hall–Kier alpha value is -1.12. The molecule has 0 aromatic rings. The van der Waals surface area contributed by atoms with Gasteiger partial charge in [0.1, 0.15) is 0 Å². The summed E-state index contributed by atoms with van der Waals surface area (Å²) in [4.78, 5) is 2.51. The fraction of sp³-hybridized carbons (Fsp3) is 0.769. The van der Waals surface area contributed by atoms with E-state index in [1.165, 1.54) is 37.9 Å². The van der Waals surface area contributed by atoms with Crippen molar-refractivity contribution in [1.29, 1.82) is 0 Å². The molecular formula is C26H41NO3. The summed E-state index contributed by atoms with van der Waals surface area (Å²) in [6, 6.07) is 0. The van der Waals surface area contributed by atoms with Crippen LogP contribution in [0.3, 0.4) is 0 Å². The van der Waals surface area contributed by atoms with Crippen LogP contribution in [0.25, 0.3) is 0 Å². The predicted octanol–water partition coefficient (Wildman–Crippen LogP) is 3.79. The molecule has 0 unspecified atom stereocenters. The fourth-order valence-corrected chi connectivity index (χ4v) is 5.39. The minimum absolute atomic E-state index is 0.115. The molecule has 2 aliphatic carbocycles. The highest BCUT2D eigenvalue weighted by atomic mass is 16.5. The van der Waals surface area contributed by atoms with Gasteiger partial charge in [0.2, 0.25) is 0 Å². The summed E-state index contributed by atoms with van der Waals surface area (Å²) in [5.74, 6) is 7.26. The minimum Gasteiger partial charge on any atom is -0.392 e. The molecule has 1 saturated heterocycles. The van der Waals surface area contributed by atoms with E-state index < -0.39 is 6.10 Å². The summed E-state index contributed by atoms with van der Waals surface area (Å²) < 4.78 is 5.88. The molecule has 4 nitrogen and oxygen atoms in total. The third-order valence-electron chi connectivity index (χ3n) is 7.32. The van der Waals surface area contributed by atoms with Crippen LogP contribution in [0.1, 0.15) is 58.8 Å². The molecule has 0 amide bonds. The Balaban J connectivity index is 1.42. The standard InChI is InChI=1S/C26H41NO3/c1-3-4-8-20(2)25(28)10-9-23-24-18-21(17-22(24)19-26(23)29)11-15-30-16-14-27-12-6-5-7-13-27/h9-11,20,22-26,28-29H,5-8,12-19H2,1-2H3/b10-9+,21-11?/t20-,22+,23-,24+,25+,26-/m1/s1. The van der Waals surface area contributed by atoms with E-state index in [1.807, 2.05) is 19.9 Å². The molecule has 6 atom stereocenters. The van der Waals surface area contributed by atoms with E-state index in [0.29, 0.717) is 24.9 Å². The van der Waals surface area contributed by atoms with E-state index in [1.54, 1.807) is 0 Å². The number of rotatable bonds is 9. The van der Waals surface area contributed by atoms with Crippen LogP contribution in [0, 0.1) is 35.5 Å². The van der Waals surface area contributed by atoms with Crippen LogP contribution in [0.15, 0.2) is 23.8 Å². The highest BCUT2D eigenvalue weighted by Crippen LogP contribution is 2.50. The van der Waals surface area contributed by atoms with Crippen molar-refractivity contribution in [3.8, 4) is 11.8 Å². The Morgan fingerprint density at radius 2 is 2.03 bits per heavy atom. The van der Waals surface area contributed by atoms with E-state index in [2.05, 4.69) is 28.9 Å². The van der Waals surface area contributed by atoms with Gasteiger partial charge in [-0.1, -0.05) is 37.1 Å². The second-order valence-electron chi connectivity index (χ2n) is 9.54. The van der Waals surface area contributed by atoms with Gasteiger partial charge < -0.3 is 19.8 Å². The van der Waals surface area contributed by atoms with E-state index in [4.69, 9.17) is 4.74 Å². The molecule has 0 aromatic carbocycles. The number of piperidine rings is 1. The molecule has 1 aliphatic heterocycles. The number of hydrogen-bond donors (Lipinski definition) is 2. The Bertz CT molecular complexity index is 640. The Kier molecular flexibility index (Phi) is 9.46. The second-order valence-corrected chi connectivity index (χ2v) is 9.54. The number of hydrogen-bond acceptors (Lipinski definition) is 4. The smallest absolute Gasteiger partial charge is 0.0755 e. The number of nitrogens with zero attached hydrogens (tertiary/aromatic N) is 1. The van der Waals surface area contributed by atoms with E-state index in [-0.39, 0.29) is 17.9 Å². The minimum atomic E-state index is -0.498. The highest BCUT2D eigenvalue weighted by Gasteiger charge is 2.45. The van der Waals surface area contributed by atoms with E-state index in [0.717, 1.165) is 32.4 Å². The SMILES string of the molecule is CC#CC[C@@H](C)[C@@H](O)/C=C/[C@@H]1[C@H]2CC(=CCOCCN3CCCCC3)C[C@H]2C[C@H]1O. The molecule has 0 aromatic heterocycles. The lowest BCUT2D eigenvalue weighted by atomic mass is 9.89. The third kappa shape index (κ3) is 6.69. The Morgan fingerprint density at radius 1 is 1.23 bits per heavy atom. The van der Waals surface area contributed by atoms with Crippen LogP contribution >= 0.6 is 0 Å². The monoisotopic (exact) mass is 415 g/mol. The zero-order valence-corrected chi connectivity index (χ0v) is 18.9. The number of likely N-dealkylation sites (tertiary alicyclic amines) is 1. The lowest BCUT2D eigenvalue weighted by Gasteiger charge is -2.25. The normalized spacial score (nSPS) is 32.9. The molecule has 3 fully saturated rings. The first-order valence-corrected chi connectivity index (χ1v) is 12.0. The molecule has 2 saturated carbocycles. The van der Waals surface area contributed by atoms with Crippen molar-refractivity contribution in [3.05, 3.63) is 23.8 Å². The van der Waals surface area contributed by atoms with Crippen molar-refractivity contribution < 1.29 is 14.9 Å². The summed E-state index contributed by atoms with van der Waals surface area (Å²) in [7, 11) is 0. The molecular weight excluding hydrogens is 374 g/mol. The maximum atomic E-state index is 10.5. The van der Waals surface area contributed by atoms with Crippen LogP contribution in [-0.4, -0.2) is 60.2 Å². The van der Waals surface area contributed by atoms with Crippen LogP contribution in [0.5, 0.6) is 0 Å². The van der Waals surface area contributed by atoms with Crippen molar-refractivity contribution >= 4 is 0 Å². The average molecular weight is 416 g/mol. The topological polar surface area (TPSA) is 52.9 Å². The first-order chi connectivity index (χ1) is 14.6. The Labute approximate surface area is 183 Å². The lowest BCUT2D eigenvalue weighted by molar-refractivity contribution is 0.114. The van der Waals surface area contributed by atoms with Crippen LogP contribution in [0.2, 0.25) is 0 Å². The third-order valence-corrected chi connectivity index (χ3v) is 7.32. The lowest BCUT2D eigenvalue weighted by Crippen LogP contribution is -2.32. The molecule has 168 valence electrons. The first-order valence-electron chi connectivity index (χ1n) is 12.0. The predicted molar refractivity (Wildman–Crippen MR) is 122 cm³/mol. The van der Waals surface area contributed by atoms with Gasteiger partial charge in [-0.2, -0.15) is 0 Å². The van der Waals surface area contributed by atoms with Gasteiger partial charge >= 0.3 is 0 Å². The molecule has 3 rings (SSSR count). The maximum Gasteiger partial charge on any atom is 0.0755 e. The van der Waals surface area contributed by atoms with Crippen molar-refractivity contribution in [2.45, 2.75) is 71.0 Å². The summed E-state index contributed by atoms with van der Waals surface area (Å²) >= 11 is 0. The fourth-order valence-electron chi connectivity index (χ4n) is 5.39. The molecule has 0 radical (unpaired) electrons. The maximum absolute atomic E-state index is 10.5. The van der Waals surface area contributed by atoms with E-state index >= 15 is 0 Å². The molecule has 2 N–H and O–H groups in total. The van der Waals surface area contributed by atoms with Gasteiger partial charge in [0.25, 0.3) is 0 Å². The van der Waals surface area contributed by atoms with Crippen molar-refractivity contribution in [2.75, 3.05) is 32.8 Å². The van der Waals surface area contributed by atoms with Crippen molar-refractivity contribution in [1.82, 2.24) is 4.90 Å². The van der Waals surface area contributed by atoms with Gasteiger partial charge in [-0.3, -0.25) is 0 Å². The summed E-state index contributed by atoms with van der Waals surface area (Å²) in [5, 5.41) is 20.9. The van der Waals surface area contributed by atoms with Crippen LogP contribution < -0.4 is 0 Å². The largest absolute Gasteiger partial charge is 0.392 e. The molecule has 0 spiro atoms. The number of allylic oxidation sites excluding steroid dienone is 1. The summed E-state index contributed by atoms with van der Waals surface area (Å²) in [6.45, 7) is 8.89. The van der Waals surface area contributed by atoms with Gasteiger partial charge in [0.05, 0.1) is 25.4 Å². The number of aliphatic hydroxyl groups is 2. The van der Waals surface area contributed by atoms with Crippen molar-refractivity contribution in [2.24, 2.45) is 23.7 Å².